The van der Waals surface area contributed by atoms with E-state index in [1.54, 1.807) is 0 Å². The second-order valence-electron chi connectivity index (χ2n) is 6.65. The molecular formula is C21H27ClN2O2S. The largest absolute Gasteiger partial charge is 0.368 e. The first-order valence-corrected chi connectivity index (χ1v) is 10.9. The van der Waals surface area contributed by atoms with E-state index in [2.05, 4.69) is 65.4 Å². The zero-order valence-corrected chi connectivity index (χ0v) is 17.3. The Hall–Kier alpha value is -1.37. The number of anilines is 1. The third-order valence-corrected chi connectivity index (χ3v) is 7.13. The number of unbranched alkanes of at least 4 members (excludes halogenated alkanes) is 1. The maximum absolute atomic E-state index is 9.02. The number of hydrogen-bond acceptors (Lipinski definition) is 4. The molecule has 4 nitrogen and oxygen atoms in total. The summed E-state index contributed by atoms with van der Waals surface area (Å²) in [7, 11) is 1.96. The molecule has 2 aromatic rings. The van der Waals surface area contributed by atoms with Gasteiger partial charge in [-0.2, -0.15) is 0 Å². The van der Waals surface area contributed by atoms with Crippen molar-refractivity contribution in [2.24, 2.45) is 0 Å². The molecule has 0 aromatic heterocycles. The summed E-state index contributed by atoms with van der Waals surface area (Å²) in [6.45, 7) is 2.90. The smallest absolute Gasteiger partial charge is 0.151 e. The Balaban J connectivity index is 1.97. The van der Waals surface area contributed by atoms with Crippen molar-refractivity contribution < 1.29 is 10.2 Å². The highest BCUT2D eigenvalue weighted by Crippen LogP contribution is 2.46. The average Bonchev–Trinajstić information content (AvgIpc) is 2.74. The van der Waals surface area contributed by atoms with Gasteiger partial charge in [-0.3, -0.25) is 0 Å². The van der Waals surface area contributed by atoms with Gasteiger partial charge in [0.25, 0.3) is 0 Å². The van der Waals surface area contributed by atoms with E-state index in [0.29, 0.717) is 6.42 Å². The van der Waals surface area contributed by atoms with Gasteiger partial charge in [-0.1, -0.05) is 46.5 Å². The molecule has 3 N–H and O–H groups in total. The van der Waals surface area contributed by atoms with Crippen molar-refractivity contribution in [3.8, 4) is 0 Å². The molecule has 0 radical (unpaired) electrons. The van der Waals surface area contributed by atoms with Crippen molar-refractivity contribution in [3.63, 3.8) is 0 Å². The summed E-state index contributed by atoms with van der Waals surface area (Å²) in [5.74, 6) is 0. The number of nitrogens with zero attached hydrogens (tertiary/aromatic N) is 1. The lowest BCUT2D eigenvalue weighted by Crippen LogP contribution is -2.24. The monoisotopic (exact) mass is 406 g/mol. The lowest BCUT2D eigenvalue weighted by molar-refractivity contribution is -0.0464. The molecule has 6 heteroatoms. The Morgan fingerprint density at radius 1 is 1.19 bits per heavy atom. The van der Waals surface area contributed by atoms with Crippen LogP contribution in [0.1, 0.15) is 43.4 Å². The summed E-state index contributed by atoms with van der Waals surface area (Å²) in [4.78, 5) is 1.24. The van der Waals surface area contributed by atoms with E-state index in [0.717, 1.165) is 24.4 Å². The Morgan fingerprint density at radius 2 is 1.96 bits per heavy atom. The van der Waals surface area contributed by atoms with Crippen LogP contribution in [0, 0.1) is 0 Å². The molecular weight excluding hydrogens is 380 g/mol. The van der Waals surface area contributed by atoms with Crippen molar-refractivity contribution in [1.29, 1.82) is 0 Å². The lowest BCUT2D eigenvalue weighted by Gasteiger charge is -2.24. The van der Waals surface area contributed by atoms with Gasteiger partial charge in [0.2, 0.25) is 0 Å². The van der Waals surface area contributed by atoms with Gasteiger partial charge in [-0.05, 0) is 67.4 Å². The van der Waals surface area contributed by atoms with Gasteiger partial charge in [0.1, 0.15) is 0 Å². The Morgan fingerprint density at radius 3 is 2.70 bits per heavy atom. The molecule has 0 fully saturated rings. The number of para-hydroxylation sites is 1. The highest BCUT2D eigenvalue weighted by Gasteiger charge is 2.27. The molecule has 0 spiro atoms. The van der Waals surface area contributed by atoms with Gasteiger partial charge in [-0.15, -0.1) is 0 Å². The van der Waals surface area contributed by atoms with Crippen LogP contribution in [0.5, 0.6) is 0 Å². The van der Waals surface area contributed by atoms with E-state index < -0.39 is 6.29 Å². The molecule has 2 aromatic carbocycles. The van der Waals surface area contributed by atoms with Crippen LogP contribution in [0.15, 0.2) is 47.4 Å². The molecule has 0 saturated heterocycles. The zero-order chi connectivity index (χ0) is 19.4. The molecule has 2 unspecified atom stereocenters. The van der Waals surface area contributed by atoms with Crippen molar-refractivity contribution in [3.05, 3.63) is 58.6 Å². The fourth-order valence-electron chi connectivity index (χ4n) is 3.57. The topological polar surface area (TPSA) is 55.7 Å². The van der Waals surface area contributed by atoms with Gasteiger partial charge in [0.15, 0.2) is 6.29 Å². The maximum atomic E-state index is 9.02. The van der Waals surface area contributed by atoms with Gasteiger partial charge in [-0.25, -0.2) is 0 Å². The fraction of sp³-hybridized carbons (Fsp3) is 0.381. The first-order chi connectivity index (χ1) is 13.0. The Labute approximate surface area is 168 Å². The molecule has 1 aliphatic rings. The number of benzene rings is 2. The van der Waals surface area contributed by atoms with E-state index in [9.17, 15) is 0 Å². The summed E-state index contributed by atoms with van der Waals surface area (Å²) in [6, 6.07) is 14.8. The molecule has 0 bridgehead atoms. The number of hydrogen-bond donors (Lipinski definition) is 3. The Kier molecular flexibility index (Phi) is 6.95. The van der Waals surface area contributed by atoms with Gasteiger partial charge in [0.05, 0.1) is 11.7 Å². The van der Waals surface area contributed by atoms with Crippen LogP contribution < -0.4 is 9.62 Å². The van der Waals surface area contributed by atoms with Crippen molar-refractivity contribution in [2.45, 2.75) is 43.4 Å². The second kappa shape index (κ2) is 9.22. The zero-order valence-electron chi connectivity index (χ0n) is 15.7. The van der Waals surface area contributed by atoms with E-state index in [-0.39, 0.29) is 16.7 Å². The lowest BCUT2D eigenvalue weighted by atomic mass is 9.96. The molecule has 0 amide bonds. The van der Waals surface area contributed by atoms with E-state index in [4.69, 9.17) is 21.8 Å². The summed E-state index contributed by atoms with van der Waals surface area (Å²) in [6.07, 6.45) is 0.855. The van der Waals surface area contributed by atoms with Gasteiger partial charge < -0.3 is 19.8 Å². The molecule has 27 heavy (non-hydrogen) atoms. The molecule has 1 heterocycles. The second-order valence-corrected chi connectivity index (χ2v) is 9.18. The minimum Gasteiger partial charge on any atom is -0.368 e. The van der Waals surface area contributed by atoms with Crippen LogP contribution in [-0.4, -0.2) is 35.5 Å². The third-order valence-electron chi connectivity index (χ3n) is 4.85. The Bertz CT molecular complexity index is 826. The number of fused-ring (bicyclic) bond motifs is 2. The highest BCUT2D eigenvalue weighted by atomic mass is 35.5. The maximum Gasteiger partial charge on any atom is 0.151 e. The summed E-state index contributed by atoms with van der Waals surface area (Å²) < 4.78 is 2.33. The van der Waals surface area contributed by atoms with Crippen LogP contribution in [-0.2, 0) is 0 Å². The predicted molar refractivity (Wildman–Crippen MR) is 116 cm³/mol. The standard InChI is InChI=1S/C21H27ClN2O2S/c1-3-27-19-14-15(22)11-12-17(19)21(23-13-7-6-10-20(25)26)16-8-4-5-9-18(16)24(27)2/h3-5,8-9,11-12,14,20-21,23,25-26H,6-7,10,13H2,1-2H3. The quantitative estimate of drug-likeness (QED) is 0.380. The third kappa shape index (κ3) is 4.55. The molecule has 2 atom stereocenters. The highest BCUT2D eigenvalue weighted by molar-refractivity contribution is 8.16. The van der Waals surface area contributed by atoms with Crippen LogP contribution in [0.4, 0.5) is 5.69 Å². The molecule has 1 aliphatic heterocycles. The van der Waals surface area contributed by atoms with Crippen LogP contribution in [0.3, 0.4) is 0 Å². The number of rotatable bonds is 6. The first-order valence-electron chi connectivity index (χ1n) is 9.27. The minimum atomic E-state index is -1.22. The molecule has 0 aliphatic carbocycles. The van der Waals surface area contributed by atoms with E-state index >= 15 is 0 Å². The molecule has 3 rings (SSSR count). The van der Waals surface area contributed by atoms with Crippen molar-refractivity contribution in [1.82, 2.24) is 5.32 Å². The van der Waals surface area contributed by atoms with Crippen LogP contribution in [0.2, 0.25) is 5.02 Å². The number of nitrogens with one attached hydrogen (secondary N) is 1. The first kappa shape index (κ1) is 20.4. The normalized spacial score (nSPS) is 19.1. The van der Waals surface area contributed by atoms with Crippen molar-refractivity contribution in [2.75, 3.05) is 17.9 Å². The SMILES string of the molecule is C/C=S1/c2cc(Cl)ccc2C(NCCCCC(O)O)c2ccccc2N1C. The van der Waals surface area contributed by atoms with Crippen LogP contribution in [0.25, 0.3) is 0 Å². The number of aliphatic hydroxyl groups is 2. The molecule has 146 valence electrons. The van der Waals surface area contributed by atoms with Crippen molar-refractivity contribution >= 4 is 33.3 Å². The number of aliphatic hydroxyl groups excluding tert-OH is 1. The number of halogens is 1. The summed E-state index contributed by atoms with van der Waals surface area (Å²) >= 11 is 6.34. The predicted octanol–water partition coefficient (Wildman–Crippen LogP) is 4.31. The fourth-order valence-corrected chi connectivity index (χ4v) is 5.73. The van der Waals surface area contributed by atoms with Crippen LogP contribution >= 0.6 is 22.3 Å². The molecule has 0 saturated carbocycles. The van der Waals surface area contributed by atoms with Gasteiger partial charge >= 0.3 is 0 Å². The summed E-state index contributed by atoms with van der Waals surface area (Å²) in [5, 5.41) is 24.7. The summed E-state index contributed by atoms with van der Waals surface area (Å²) in [5.41, 5.74) is 3.72. The minimum absolute atomic E-state index is 0.0763. The average molecular weight is 407 g/mol. The van der Waals surface area contributed by atoms with E-state index in [1.165, 1.54) is 21.7 Å². The van der Waals surface area contributed by atoms with Gasteiger partial charge in [0, 0.05) is 17.0 Å². The van der Waals surface area contributed by atoms with E-state index in [1.807, 2.05) is 6.07 Å².